The summed E-state index contributed by atoms with van der Waals surface area (Å²) in [6.07, 6.45) is 3.56. The number of nitrogens with one attached hydrogen (secondary N) is 2. The Morgan fingerprint density at radius 3 is 2.59 bits per heavy atom. The number of carbonyl (C=O) groups is 1. The molecule has 3 aliphatic rings. The van der Waals surface area contributed by atoms with Crippen molar-refractivity contribution in [2.45, 2.75) is 48.5 Å². The third-order valence-electron chi connectivity index (χ3n) is 6.40. The third-order valence-corrected chi connectivity index (χ3v) is 8.05. The lowest BCUT2D eigenvalue weighted by atomic mass is 9.65. The van der Waals surface area contributed by atoms with Crippen molar-refractivity contribution in [3.8, 4) is 5.75 Å². The molecule has 2 aromatic carbocycles. The smallest absolute Gasteiger partial charge is 0.264 e. The predicted octanol–water partition coefficient (Wildman–Crippen LogP) is 4.21. The average Bonchev–Trinajstić information content (AvgIpc) is 3.00. The Bertz CT molecular complexity index is 1190. The van der Waals surface area contributed by atoms with Crippen LogP contribution in [0.1, 0.15) is 37.7 Å². The molecule has 0 aromatic heterocycles. The summed E-state index contributed by atoms with van der Waals surface area (Å²) in [6, 6.07) is 6.56. The summed E-state index contributed by atoms with van der Waals surface area (Å²) in [4.78, 5) is 12.3. The van der Waals surface area contributed by atoms with Gasteiger partial charge >= 0.3 is 0 Å². The number of anilines is 2. The number of hydrogen-bond acceptors (Lipinski definition) is 5. The molecule has 2 N–H and O–H groups in total. The van der Waals surface area contributed by atoms with E-state index < -0.39 is 26.2 Å². The molecule has 2 aromatic rings. The van der Waals surface area contributed by atoms with Gasteiger partial charge < -0.3 is 14.8 Å². The summed E-state index contributed by atoms with van der Waals surface area (Å²) < 4.78 is 54.1. The number of carbonyl (C=O) groups excluding carboxylic acids is 1. The van der Waals surface area contributed by atoms with Gasteiger partial charge in [-0.05, 0) is 42.7 Å². The first-order valence-corrected chi connectivity index (χ1v) is 12.4. The highest BCUT2D eigenvalue weighted by Gasteiger charge is 2.52. The monoisotopic (exact) mass is 480 g/mol. The van der Waals surface area contributed by atoms with Crippen LogP contribution < -0.4 is 14.8 Å². The zero-order chi connectivity index (χ0) is 22.5. The summed E-state index contributed by atoms with van der Waals surface area (Å²) in [6.45, 7) is 1.15. The lowest BCUT2D eigenvalue weighted by molar-refractivity contribution is -0.123. The summed E-state index contributed by atoms with van der Waals surface area (Å²) in [5.74, 6) is -0.641. The van der Waals surface area contributed by atoms with Crippen LogP contribution in [0.3, 0.4) is 0 Å². The van der Waals surface area contributed by atoms with Crippen molar-refractivity contribution in [2.75, 3.05) is 23.3 Å². The fourth-order valence-electron chi connectivity index (χ4n) is 4.53. The van der Waals surface area contributed by atoms with Gasteiger partial charge in [-0.2, -0.15) is 0 Å². The van der Waals surface area contributed by atoms with E-state index in [1.165, 1.54) is 12.1 Å². The molecule has 2 aliphatic heterocycles. The van der Waals surface area contributed by atoms with Gasteiger partial charge in [0.25, 0.3) is 10.0 Å². The second-order valence-corrected chi connectivity index (χ2v) is 10.5. The molecule has 0 unspecified atom stereocenters. The zero-order valence-electron chi connectivity index (χ0n) is 17.1. The first-order chi connectivity index (χ1) is 15.3. The number of halogens is 2. The van der Waals surface area contributed by atoms with E-state index in [2.05, 4.69) is 10.0 Å². The van der Waals surface area contributed by atoms with Crippen LogP contribution in [-0.2, 0) is 25.0 Å². The van der Waals surface area contributed by atoms with Gasteiger partial charge in [-0.25, -0.2) is 12.8 Å². The molecule has 10 heteroatoms. The number of sulfonamides is 1. The van der Waals surface area contributed by atoms with Gasteiger partial charge in [-0.15, -0.1) is 0 Å². The molecular weight excluding hydrogens is 459 g/mol. The molecule has 2 fully saturated rings. The molecule has 1 saturated heterocycles. The van der Waals surface area contributed by atoms with E-state index >= 15 is 0 Å². The second kappa shape index (κ2) is 7.90. The van der Waals surface area contributed by atoms with Gasteiger partial charge in [0.2, 0.25) is 5.91 Å². The van der Waals surface area contributed by atoms with E-state index in [0.717, 1.165) is 18.6 Å². The zero-order valence-corrected chi connectivity index (χ0v) is 18.7. The Morgan fingerprint density at radius 1 is 1.19 bits per heavy atom. The van der Waals surface area contributed by atoms with E-state index in [1.807, 2.05) is 0 Å². The Hall–Kier alpha value is -2.36. The van der Waals surface area contributed by atoms with Gasteiger partial charge in [0.05, 0.1) is 30.0 Å². The average molecular weight is 481 g/mol. The number of fused-ring (bicyclic) bond motifs is 2. The maximum atomic E-state index is 14.3. The van der Waals surface area contributed by atoms with Crippen molar-refractivity contribution in [3.63, 3.8) is 0 Å². The minimum atomic E-state index is -4.23. The predicted molar refractivity (Wildman–Crippen MR) is 117 cm³/mol. The third kappa shape index (κ3) is 3.62. The molecule has 5 rings (SSSR count). The quantitative estimate of drug-likeness (QED) is 0.668. The molecule has 0 atom stereocenters. The van der Waals surface area contributed by atoms with E-state index in [0.29, 0.717) is 55.9 Å². The molecule has 2 heterocycles. The number of hydrogen-bond donors (Lipinski definition) is 2. The van der Waals surface area contributed by atoms with Gasteiger partial charge in [0, 0.05) is 23.9 Å². The molecule has 1 saturated carbocycles. The molecule has 170 valence electrons. The topological polar surface area (TPSA) is 93.7 Å². The fourth-order valence-corrected chi connectivity index (χ4v) is 5.79. The number of rotatable bonds is 5. The van der Waals surface area contributed by atoms with Crippen LogP contribution in [0.5, 0.6) is 5.75 Å². The Balaban J connectivity index is 1.54. The number of benzene rings is 2. The highest BCUT2D eigenvalue weighted by Crippen LogP contribution is 2.54. The van der Waals surface area contributed by atoms with Crippen molar-refractivity contribution < 1.29 is 27.1 Å². The maximum absolute atomic E-state index is 14.3. The first-order valence-electron chi connectivity index (χ1n) is 10.5. The lowest BCUT2D eigenvalue weighted by Gasteiger charge is -2.36. The Morgan fingerprint density at radius 2 is 1.94 bits per heavy atom. The highest BCUT2D eigenvalue weighted by atomic mass is 35.5. The van der Waals surface area contributed by atoms with Crippen molar-refractivity contribution in [1.29, 1.82) is 0 Å². The fraction of sp³-hybridized carbons (Fsp3) is 0.409. The molecule has 0 bridgehead atoms. The van der Waals surface area contributed by atoms with E-state index in [-0.39, 0.29) is 22.7 Å². The van der Waals surface area contributed by atoms with Crippen LogP contribution in [-0.4, -0.2) is 33.6 Å². The van der Waals surface area contributed by atoms with Gasteiger partial charge in [-0.3, -0.25) is 9.52 Å². The van der Waals surface area contributed by atoms with Crippen molar-refractivity contribution in [2.24, 2.45) is 0 Å². The van der Waals surface area contributed by atoms with Crippen molar-refractivity contribution >= 4 is 38.9 Å². The first kappa shape index (κ1) is 21.5. The van der Waals surface area contributed by atoms with Crippen LogP contribution in [0.15, 0.2) is 35.2 Å². The summed E-state index contributed by atoms with van der Waals surface area (Å²) in [7, 11) is -4.23. The normalized spacial score (nSPS) is 19.9. The van der Waals surface area contributed by atoms with E-state index in [9.17, 15) is 17.6 Å². The second-order valence-electron chi connectivity index (χ2n) is 8.40. The van der Waals surface area contributed by atoms with Gasteiger partial charge in [-0.1, -0.05) is 18.0 Å². The molecule has 32 heavy (non-hydrogen) atoms. The van der Waals surface area contributed by atoms with Gasteiger partial charge in [0.15, 0.2) is 0 Å². The Labute approximate surface area is 190 Å². The minimum Gasteiger partial charge on any atom is -0.488 e. The molecule has 0 radical (unpaired) electrons. The van der Waals surface area contributed by atoms with Gasteiger partial charge in [0.1, 0.15) is 22.6 Å². The van der Waals surface area contributed by atoms with Crippen LogP contribution in [0.2, 0.25) is 5.02 Å². The lowest BCUT2D eigenvalue weighted by Crippen LogP contribution is -2.40. The number of ether oxygens (including phenoxy) is 2. The SMILES string of the molecule is O=C1Nc2c(OC3CCOCC3)cc(NS(=O)(=O)c3ccc(Cl)cc3F)cc2C12CCC2. The minimum absolute atomic E-state index is 0.0978. The molecule has 1 spiro atoms. The summed E-state index contributed by atoms with van der Waals surface area (Å²) in [5, 5.41) is 3.04. The van der Waals surface area contributed by atoms with Crippen molar-refractivity contribution in [1.82, 2.24) is 0 Å². The standard InChI is InChI=1S/C22H22ClFN2O5S/c23-13-2-3-19(17(24)10-13)32(28,29)26-14-11-16-20(25-21(27)22(16)6-1-7-22)18(12-14)31-15-4-8-30-9-5-15/h2-3,10-12,15,26H,1,4-9H2,(H,25,27). The Kier molecular flexibility index (Phi) is 5.30. The van der Waals surface area contributed by atoms with E-state index in [4.69, 9.17) is 21.1 Å². The molecule has 1 amide bonds. The van der Waals surface area contributed by atoms with Crippen LogP contribution in [0.4, 0.5) is 15.8 Å². The number of amides is 1. The summed E-state index contributed by atoms with van der Waals surface area (Å²) in [5.41, 5.74) is 0.841. The van der Waals surface area contributed by atoms with Crippen LogP contribution >= 0.6 is 11.6 Å². The van der Waals surface area contributed by atoms with E-state index in [1.54, 1.807) is 6.07 Å². The van der Waals surface area contributed by atoms with Crippen molar-refractivity contribution in [3.05, 3.63) is 46.7 Å². The highest BCUT2D eigenvalue weighted by molar-refractivity contribution is 7.92. The molecule has 7 nitrogen and oxygen atoms in total. The van der Waals surface area contributed by atoms with Crippen LogP contribution in [0.25, 0.3) is 0 Å². The van der Waals surface area contributed by atoms with Crippen LogP contribution in [0, 0.1) is 5.82 Å². The molecular formula is C22H22ClFN2O5S. The summed E-state index contributed by atoms with van der Waals surface area (Å²) >= 11 is 5.75. The largest absolute Gasteiger partial charge is 0.488 e. The maximum Gasteiger partial charge on any atom is 0.264 e. The molecule has 1 aliphatic carbocycles.